The van der Waals surface area contributed by atoms with Crippen LogP contribution in [-0.4, -0.2) is 75.0 Å². The summed E-state index contributed by atoms with van der Waals surface area (Å²) >= 11 is 0. The van der Waals surface area contributed by atoms with Crippen molar-refractivity contribution in [3.05, 3.63) is 0 Å². The van der Waals surface area contributed by atoms with Gasteiger partial charge in [-0.15, -0.1) is 0 Å². The summed E-state index contributed by atoms with van der Waals surface area (Å²) in [6.07, 6.45) is 47.4. The summed E-state index contributed by atoms with van der Waals surface area (Å²) in [5.41, 5.74) is 1.60. The standard InChI is InChI=1S/4C17H34O3.Sn/c4*1-4-7-11-17(12-8-5-2,13-9-6-3)14-10-15-20-16(18)19;/h4*4-15H2,1-3H3,(H,18,19);/q;;;;+4/p-4. The van der Waals surface area contributed by atoms with Crippen molar-refractivity contribution in [2.45, 2.75) is 366 Å². The van der Waals surface area contributed by atoms with Gasteiger partial charge in [-0.05, 0) is 150 Å². The number of carbonyl (C=O) groups is 4. The molecule has 0 bridgehead atoms. The molecule has 0 N–H and O–H groups in total. The molecule has 0 spiro atoms. The van der Waals surface area contributed by atoms with Crippen molar-refractivity contribution in [2.75, 3.05) is 26.4 Å². The maximum atomic E-state index is 10.3. The molecule has 13 heteroatoms. The Morgan fingerprint density at radius 1 is 0.222 bits per heavy atom. The molecule has 480 valence electrons. The Kier molecular flexibility index (Phi) is 67.5. The quantitative estimate of drug-likeness (QED) is 0.0242. The van der Waals surface area contributed by atoms with Gasteiger partial charge < -0.3 is 58.6 Å². The molecular weight excluding hydrogens is 1130 g/mol. The number of hydrogen-bond acceptors (Lipinski definition) is 12. The summed E-state index contributed by atoms with van der Waals surface area (Å²) in [6, 6.07) is 0. The van der Waals surface area contributed by atoms with E-state index < -0.39 is 24.6 Å². The number of carboxylic acid groups (broad SMARTS) is 4. The van der Waals surface area contributed by atoms with Gasteiger partial charge >= 0.3 is 23.9 Å². The Labute approximate surface area is 518 Å². The Bertz CT molecular complexity index is 1070. The molecule has 0 radical (unpaired) electrons. The van der Waals surface area contributed by atoms with Crippen LogP contribution in [0.15, 0.2) is 0 Å². The molecule has 0 amide bonds. The maximum Gasteiger partial charge on any atom is 4.00 e. The molecule has 0 aromatic rings. The molecule has 0 unspecified atom stereocenters. The third-order valence-electron chi connectivity index (χ3n) is 17.0. The van der Waals surface area contributed by atoms with Crippen molar-refractivity contribution in [1.82, 2.24) is 0 Å². The first-order chi connectivity index (χ1) is 38.4. The van der Waals surface area contributed by atoms with Crippen LogP contribution >= 0.6 is 0 Å². The number of rotatable bonds is 52. The van der Waals surface area contributed by atoms with E-state index in [0.29, 0.717) is 21.7 Å². The van der Waals surface area contributed by atoms with Crippen molar-refractivity contribution in [3.8, 4) is 0 Å². The largest absolute Gasteiger partial charge is 4.00 e. The van der Waals surface area contributed by atoms with Gasteiger partial charge in [0.25, 0.3) is 24.6 Å². The minimum atomic E-state index is -1.40. The third-order valence-corrected chi connectivity index (χ3v) is 17.0. The van der Waals surface area contributed by atoms with Crippen LogP contribution in [0.2, 0.25) is 0 Å². The van der Waals surface area contributed by atoms with Crippen molar-refractivity contribution in [2.24, 2.45) is 21.7 Å². The predicted octanol–water partition coefficient (Wildman–Crippen LogP) is 18.4. The van der Waals surface area contributed by atoms with Gasteiger partial charge in [0.05, 0.1) is 0 Å². The van der Waals surface area contributed by atoms with E-state index in [2.05, 4.69) is 102 Å². The van der Waals surface area contributed by atoms with Crippen LogP contribution in [0, 0.1) is 21.7 Å². The van der Waals surface area contributed by atoms with Gasteiger partial charge in [0, 0.05) is 26.4 Å². The number of unbranched alkanes of at least 4 members (excludes halogenated alkanes) is 12. The molecule has 0 aromatic carbocycles. The number of carbonyl (C=O) groups excluding carboxylic acids is 4. The summed E-state index contributed by atoms with van der Waals surface area (Å²) in [5.74, 6) is 0. The van der Waals surface area contributed by atoms with Gasteiger partial charge in [0.15, 0.2) is 0 Å². The van der Waals surface area contributed by atoms with Crippen molar-refractivity contribution in [1.29, 1.82) is 0 Å². The normalized spacial score (nSPS) is 11.4. The van der Waals surface area contributed by atoms with E-state index in [9.17, 15) is 39.6 Å². The topological polar surface area (TPSA) is 197 Å². The van der Waals surface area contributed by atoms with Crippen molar-refractivity contribution >= 4 is 48.5 Å². The number of ether oxygens (including phenoxy) is 4. The van der Waals surface area contributed by atoms with E-state index in [-0.39, 0.29) is 50.3 Å². The summed E-state index contributed by atoms with van der Waals surface area (Å²) in [4.78, 5) is 41.2. The molecule has 0 aliphatic carbocycles. The SMILES string of the molecule is CCCCC(CCCC)(CCCC)CCCOC(=O)[O-].CCCCC(CCCC)(CCCC)CCCOC(=O)[O-].CCCCC(CCCC)(CCCC)CCCOC(=O)[O-].CCCCC(CCCC)(CCCC)CCCOC(=O)[O-].[Sn+4]. The third kappa shape index (κ3) is 55.5. The summed E-state index contributed by atoms with van der Waals surface area (Å²) < 4.78 is 18.2. The average Bonchev–Trinajstić information content (AvgIpc) is 3.44. The van der Waals surface area contributed by atoms with Crippen LogP contribution in [0.4, 0.5) is 19.2 Å². The molecule has 0 saturated carbocycles. The van der Waals surface area contributed by atoms with E-state index in [1.807, 2.05) is 0 Å². The van der Waals surface area contributed by atoms with Crippen molar-refractivity contribution < 1.29 is 58.6 Å². The van der Waals surface area contributed by atoms with Crippen LogP contribution < -0.4 is 20.4 Å². The first-order valence-corrected chi connectivity index (χ1v) is 33.7. The van der Waals surface area contributed by atoms with Gasteiger partial charge in [0.1, 0.15) is 0 Å². The van der Waals surface area contributed by atoms with Crippen molar-refractivity contribution in [3.63, 3.8) is 0 Å². The molecule has 0 saturated heterocycles. The van der Waals surface area contributed by atoms with Crippen LogP contribution in [-0.2, 0) is 18.9 Å². The minimum absolute atomic E-state index is 0. The molecule has 0 aliphatic heterocycles. The molecule has 0 aromatic heterocycles. The molecular formula is C68H132O12Sn. The van der Waals surface area contributed by atoms with E-state index in [4.69, 9.17) is 0 Å². The first kappa shape index (κ1) is 87.7. The van der Waals surface area contributed by atoms with Crippen LogP contribution in [0.1, 0.15) is 366 Å². The van der Waals surface area contributed by atoms with E-state index in [1.165, 1.54) is 231 Å². The average molecular weight is 1260 g/mol. The fraction of sp³-hybridized carbons (Fsp3) is 0.941. The van der Waals surface area contributed by atoms with Gasteiger partial charge in [-0.25, -0.2) is 0 Å². The smallest absolute Gasteiger partial charge is 0.550 e. The van der Waals surface area contributed by atoms with Crippen LogP contribution in [0.3, 0.4) is 0 Å². The maximum absolute atomic E-state index is 10.3. The van der Waals surface area contributed by atoms with Gasteiger partial charge in [-0.1, -0.05) is 237 Å². The zero-order valence-corrected chi connectivity index (χ0v) is 58.2. The van der Waals surface area contributed by atoms with Gasteiger partial charge in [0.2, 0.25) is 0 Å². The predicted molar refractivity (Wildman–Crippen MR) is 332 cm³/mol. The Morgan fingerprint density at radius 3 is 0.407 bits per heavy atom. The summed E-state index contributed by atoms with van der Waals surface area (Å²) in [7, 11) is 0. The Balaban J connectivity index is -0.000000316. The first-order valence-electron chi connectivity index (χ1n) is 33.7. The molecule has 0 heterocycles. The monoisotopic (exact) mass is 1260 g/mol. The van der Waals surface area contributed by atoms with Crippen LogP contribution in [0.5, 0.6) is 0 Å². The molecule has 0 atom stereocenters. The van der Waals surface area contributed by atoms with Gasteiger partial charge in [-0.2, -0.15) is 0 Å². The fourth-order valence-corrected chi connectivity index (χ4v) is 12.0. The Hall–Kier alpha value is -2.12. The molecule has 0 fully saturated rings. The van der Waals surface area contributed by atoms with E-state index >= 15 is 0 Å². The second-order valence-electron chi connectivity index (χ2n) is 24.1. The van der Waals surface area contributed by atoms with E-state index in [1.54, 1.807) is 0 Å². The van der Waals surface area contributed by atoms with Crippen LogP contribution in [0.25, 0.3) is 0 Å². The summed E-state index contributed by atoms with van der Waals surface area (Å²) in [5, 5.41) is 41.2. The van der Waals surface area contributed by atoms with Gasteiger partial charge in [-0.3, -0.25) is 0 Å². The minimum Gasteiger partial charge on any atom is -0.550 e. The Morgan fingerprint density at radius 2 is 0.321 bits per heavy atom. The molecule has 0 aliphatic rings. The second kappa shape index (κ2) is 62.4. The molecule has 0 rings (SSSR count). The zero-order chi connectivity index (χ0) is 61.1. The van der Waals surface area contributed by atoms with E-state index in [0.717, 1.165) is 51.4 Å². The zero-order valence-electron chi connectivity index (χ0n) is 55.3. The fourth-order valence-electron chi connectivity index (χ4n) is 12.0. The molecule has 81 heavy (non-hydrogen) atoms. The second-order valence-corrected chi connectivity index (χ2v) is 24.1. The summed E-state index contributed by atoms with van der Waals surface area (Å²) in [6.45, 7) is 28.0. The number of hydrogen-bond donors (Lipinski definition) is 0. The molecule has 12 nitrogen and oxygen atoms in total.